The zero-order valence-electron chi connectivity index (χ0n) is 13.1. The number of nitrogens with two attached hydrogens (primary N) is 1. The van der Waals surface area contributed by atoms with Crippen LogP contribution >= 0.6 is 0 Å². The second kappa shape index (κ2) is 7.46. The van der Waals surface area contributed by atoms with Gasteiger partial charge in [0.15, 0.2) is 0 Å². The van der Waals surface area contributed by atoms with Crippen LogP contribution in [0.3, 0.4) is 0 Å². The van der Waals surface area contributed by atoms with Crippen LogP contribution in [0.4, 0.5) is 11.4 Å². The Morgan fingerprint density at radius 3 is 2.95 bits per heavy atom. The van der Waals surface area contributed by atoms with Crippen molar-refractivity contribution >= 4 is 17.3 Å². The van der Waals surface area contributed by atoms with E-state index in [1.54, 1.807) is 6.07 Å². The average Bonchev–Trinajstić information content (AvgIpc) is 2.87. The van der Waals surface area contributed by atoms with E-state index in [1.165, 1.54) is 19.5 Å². The molecule has 2 rings (SSSR count). The Hall–Kier alpha value is -1.55. The number of likely N-dealkylation sites (tertiary alicyclic amines) is 1. The lowest BCUT2D eigenvalue weighted by Crippen LogP contribution is -2.24. The zero-order valence-corrected chi connectivity index (χ0v) is 13.1. The molecule has 0 spiro atoms. The number of hydrogen-bond donors (Lipinski definition) is 2. The number of nitrogens with one attached hydrogen (secondary N) is 1. The fourth-order valence-electron chi connectivity index (χ4n) is 2.91. The summed E-state index contributed by atoms with van der Waals surface area (Å²) >= 11 is 0. The van der Waals surface area contributed by atoms with Gasteiger partial charge in [0.25, 0.3) is 0 Å². The van der Waals surface area contributed by atoms with Crippen molar-refractivity contribution in [3.8, 4) is 0 Å². The summed E-state index contributed by atoms with van der Waals surface area (Å²) < 4.78 is 0. The summed E-state index contributed by atoms with van der Waals surface area (Å²) in [4.78, 5) is 14.4. The standard InChI is InChI=1S/C17H27N3O/c1-13(2)14-8-10-20(12-14)9-4-7-17(21)19-16-6-3-5-15(18)11-16/h3,5-6,11,13-14H,4,7-10,12,18H2,1-2H3,(H,19,21). The molecule has 1 unspecified atom stereocenters. The maximum Gasteiger partial charge on any atom is 0.224 e. The highest BCUT2D eigenvalue weighted by atomic mass is 16.1. The van der Waals surface area contributed by atoms with Gasteiger partial charge in [0.1, 0.15) is 0 Å². The molecule has 0 aliphatic carbocycles. The van der Waals surface area contributed by atoms with Crippen molar-refractivity contribution < 1.29 is 4.79 Å². The number of benzene rings is 1. The first-order chi connectivity index (χ1) is 10.0. The largest absolute Gasteiger partial charge is 0.399 e. The number of carbonyl (C=O) groups is 1. The van der Waals surface area contributed by atoms with Gasteiger partial charge in [0.2, 0.25) is 5.91 Å². The number of anilines is 2. The van der Waals surface area contributed by atoms with E-state index in [4.69, 9.17) is 5.73 Å². The normalized spacial score (nSPS) is 19.1. The van der Waals surface area contributed by atoms with E-state index in [-0.39, 0.29) is 5.91 Å². The summed E-state index contributed by atoms with van der Waals surface area (Å²) in [5.74, 6) is 1.66. The van der Waals surface area contributed by atoms with Crippen LogP contribution in [0.25, 0.3) is 0 Å². The van der Waals surface area contributed by atoms with Crippen LogP contribution < -0.4 is 11.1 Å². The Labute approximate surface area is 127 Å². The molecule has 1 aromatic rings. The highest BCUT2D eigenvalue weighted by molar-refractivity contribution is 5.91. The monoisotopic (exact) mass is 289 g/mol. The minimum atomic E-state index is 0.0696. The molecule has 0 aromatic heterocycles. The van der Waals surface area contributed by atoms with Gasteiger partial charge in [-0.3, -0.25) is 4.79 Å². The molecule has 1 saturated heterocycles. The minimum Gasteiger partial charge on any atom is -0.399 e. The Morgan fingerprint density at radius 2 is 2.29 bits per heavy atom. The SMILES string of the molecule is CC(C)C1CCN(CCCC(=O)Nc2cccc(N)c2)C1. The summed E-state index contributed by atoms with van der Waals surface area (Å²) in [6, 6.07) is 7.31. The van der Waals surface area contributed by atoms with Gasteiger partial charge in [-0.15, -0.1) is 0 Å². The van der Waals surface area contributed by atoms with Crippen LogP contribution in [0.15, 0.2) is 24.3 Å². The molecule has 1 fully saturated rings. The molecule has 1 atom stereocenters. The fourth-order valence-corrected chi connectivity index (χ4v) is 2.91. The molecule has 1 heterocycles. The fraction of sp³-hybridized carbons (Fsp3) is 0.588. The summed E-state index contributed by atoms with van der Waals surface area (Å²) in [5, 5.41) is 2.90. The number of rotatable bonds is 6. The summed E-state index contributed by atoms with van der Waals surface area (Å²) in [6.07, 6.45) is 2.78. The lowest BCUT2D eigenvalue weighted by Gasteiger charge is -2.17. The molecule has 4 heteroatoms. The van der Waals surface area contributed by atoms with Crippen molar-refractivity contribution in [3.63, 3.8) is 0 Å². The average molecular weight is 289 g/mol. The molecule has 0 bridgehead atoms. The smallest absolute Gasteiger partial charge is 0.224 e. The number of carbonyl (C=O) groups excluding carboxylic acids is 1. The van der Waals surface area contributed by atoms with Gasteiger partial charge in [-0.2, -0.15) is 0 Å². The molecule has 1 aromatic carbocycles. The molecule has 3 N–H and O–H groups in total. The molecule has 0 saturated carbocycles. The predicted octanol–water partition coefficient (Wildman–Crippen LogP) is 2.97. The predicted molar refractivity (Wildman–Crippen MR) is 88.1 cm³/mol. The van der Waals surface area contributed by atoms with Gasteiger partial charge in [-0.05, 0) is 56.0 Å². The summed E-state index contributed by atoms with van der Waals surface area (Å²) in [7, 11) is 0. The molecule has 21 heavy (non-hydrogen) atoms. The van der Waals surface area contributed by atoms with Gasteiger partial charge < -0.3 is 16.0 Å². The van der Waals surface area contributed by atoms with Gasteiger partial charge in [-0.1, -0.05) is 19.9 Å². The van der Waals surface area contributed by atoms with Crippen LogP contribution in [-0.2, 0) is 4.79 Å². The van der Waals surface area contributed by atoms with Crippen LogP contribution in [0.2, 0.25) is 0 Å². The Morgan fingerprint density at radius 1 is 1.48 bits per heavy atom. The lowest BCUT2D eigenvalue weighted by molar-refractivity contribution is -0.116. The van der Waals surface area contributed by atoms with Gasteiger partial charge in [0.05, 0.1) is 0 Å². The molecular formula is C17H27N3O. The molecule has 1 aliphatic rings. The topological polar surface area (TPSA) is 58.4 Å². The highest BCUT2D eigenvalue weighted by Crippen LogP contribution is 2.23. The van der Waals surface area contributed by atoms with Crippen molar-refractivity contribution in [2.75, 3.05) is 30.7 Å². The molecule has 4 nitrogen and oxygen atoms in total. The van der Waals surface area contributed by atoms with E-state index in [9.17, 15) is 4.79 Å². The first-order valence-corrected chi connectivity index (χ1v) is 7.92. The van der Waals surface area contributed by atoms with Crippen molar-refractivity contribution in [1.29, 1.82) is 0 Å². The zero-order chi connectivity index (χ0) is 15.2. The molecule has 0 radical (unpaired) electrons. The lowest BCUT2D eigenvalue weighted by atomic mass is 9.95. The number of amides is 1. The second-order valence-electron chi connectivity index (χ2n) is 6.37. The maximum absolute atomic E-state index is 11.9. The summed E-state index contributed by atoms with van der Waals surface area (Å²) in [6.45, 7) is 7.99. The minimum absolute atomic E-state index is 0.0696. The van der Waals surface area contributed by atoms with E-state index in [0.29, 0.717) is 12.1 Å². The number of nitrogen functional groups attached to an aromatic ring is 1. The maximum atomic E-state index is 11.9. The third-order valence-electron chi connectivity index (χ3n) is 4.30. The van der Waals surface area contributed by atoms with E-state index >= 15 is 0 Å². The van der Waals surface area contributed by atoms with Crippen LogP contribution in [-0.4, -0.2) is 30.4 Å². The molecular weight excluding hydrogens is 262 g/mol. The van der Waals surface area contributed by atoms with E-state index in [2.05, 4.69) is 24.1 Å². The molecule has 1 aliphatic heterocycles. The number of hydrogen-bond acceptors (Lipinski definition) is 3. The first kappa shape index (κ1) is 15.8. The van der Waals surface area contributed by atoms with Crippen LogP contribution in [0, 0.1) is 11.8 Å². The molecule has 1 amide bonds. The van der Waals surface area contributed by atoms with E-state index < -0.39 is 0 Å². The second-order valence-corrected chi connectivity index (χ2v) is 6.37. The quantitative estimate of drug-likeness (QED) is 0.792. The van der Waals surface area contributed by atoms with Crippen molar-refractivity contribution in [2.24, 2.45) is 11.8 Å². The Kier molecular flexibility index (Phi) is 5.62. The highest BCUT2D eigenvalue weighted by Gasteiger charge is 2.24. The van der Waals surface area contributed by atoms with E-state index in [1.807, 2.05) is 18.2 Å². The van der Waals surface area contributed by atoms with Crippen molar-refractivity contribution in [3.05, 3.63) is 24.3 Å². The van der Waals surface area contributed by atoms with Gasteiger partial charge in [-0.25, -0.2) is 0 Å². The first-order valence-electron chi connectivity index (χ1n) is 7.92. The Bertz CT molecular complexity index is 473. The van der Waals surface area contributed by atoms with Crippen LogP contribution in [0.5, 0.6) is 0 Å². The Balaban J connectivity index is 1.66. The number of nitrogens with zero attached hydrogens (tertiary/aromatic N) is 1. The van der Waals surface area contributed by atoms with Gasteiger partial charge >= 0.3 is 0 Å². The van der Waals surface area contributed by atoms with E-state index in [0.717, 1.165) is 30.5 Å². The third-order valence-corrected chi connectivity index (χ3v) is 4.30. The summed E-state index contributed by atoms with van der Waals surface area (Å²) in [5.41, 5.74) is 7.15. The van der Waals surface area contributed by atoms with Gasteiger partial charge in [0, 0.05) is 24.3 Å². The van der Waals surface area contributed by atoms with Crippen molar-refractivity contribution in [2.45, 2.75) is 33.1 Å². The van der Waals surface area contributed by atoms with Crippen LogP contribution in [0.1, 0.15) is 33.1 Å². The molecule has 116 valence electrons. The third kappa shape index (κ3) is 5.05. The van der Waals surface area contributed by atoms with Crippen molar-refractivity contribution in [1.82, 2.24) is 4.90 Å².